The Balaban J connectivity index is 1.44. The standard InChI is InChI=1S/C26H31N3O4/c1-33-26(32)29-17-20-10-9-18(13-22(20)14-24(29)25(30)31)15-28(12-11-27)16-21-7-4-6-19-5-2-3-8-23(19)21/h2-8,18,20,22,24H,9-10,12-17H2,1H3,(H,30,31)/t18?,20-,22?,24?/m0/s1. The molecule has 7 nitrogen and oxygen atoms in total. The number of likely N-dealkylation sites (tertiary alicyclic amines) is 1. The highest BCUT2D eigenvalue weighted by Crippen LogP contribution is 2.41. The van der Waals surface area contributed by atoms with Crippen molar-refractivity contribution in [1.82, 2.24) is 9.80 Å². The number of ether oxygens (including phenoxy) is 1. The van der Waals surface area contributed by atoms with Crippen LogP contribution in [0.5, 0.6) is 0 Å². The zero-order valence-corrected chi connectivity index (χ0v) is 19.0. The molecule has 7 heteroatoms. The highest BCUT2D eigenvalue weighted by Gasteiger charge is 2.44. The quantitative estimate of drug-likeness (QED) is 0.667. The Kier molecular flexibility index (Phi) is 7.14. The van der Waals surface area contributed by atoms with Gasteiger partial charge in [0.1, 0.15) is 6.04 Å². The molecule has 1 N–H and O–H groups in total. The van der Waals surface area contributed by atoms with Crippen molar-refractivity contribution in [2.24, 2.45) is 17.8 Å². The van der Waals surface area contributed by atoms with Crippen LogP contribution in [0.2, 0.25) is 0 Å². The van der Waals surface area contributed by atoms with E-state index in [4.69, 9.17) is 4.74 Å². The van der Waals surface area contributed by atoms with E-state index in [9.17, 15) is 20.0 Å². The number of methoxy groups -OCH3 is 1. The van der Waals surface area contributed by atoms with E-state index in [0.29, 0.717) is 37.9 Å². The molecule has 1 aliphatic carbocycles. The molecule has 1 amide bonds. The van der Waals surface area contributed by atoms with Crippen LogP contribution in [0.25, 0.3) is 10.8 Å². The average molecular weight is 450 g/mol. The average Bonchev–Trinajstić information content (AvgIpc) is 2.83. The fourth-order valence-corrected chi connectivity index (χ4v) is 5.79. The van der Waals surface area contributed by atoms with Gasteiger partial charge in [-0.1, -0.05) is 42.5 Å². The van der Waals surface area contributed by atoms with Gasteiger partial charge in [0, 0.05) is 19.6 Å². The summed E-state index contributed by atoms with van der Waals surface area (Å²) < 4.78 is 4.82. The number of hydrogen-bond donors (Lipinski definition) is 1. The fraction of sp³-hybridized carbons (Fsp3) is 0.500. The van der Waals surface area contributed by atoms with E-state index in [0.717, 1.165) is 25.8 Å². The summed E-state index contributed by atoms with van der Waals surface area (Å²) in [6.45, 7) is 2.34. The lowest BCUT2D eigenvalue weighted by Gasteiger charge is -2.46. The predicted octanol–water partition coefficient (Wildman–Crippen LogP) is 4.12. The van der Waals surface area contributed by atoms with Crippen LogP contribution in [0.3, 0.4) is 0 Å². The number of hydrogen-bond acceptors (Lipinski definition) is 5. The second-order valence-electron chi connectivity index (χ2n) is 9.38. The van der Waals surface area contributed by atoms with Crippen molar-refractivity contribution in [2.45, 2.75) is 38.3 Å². The molecule has 1 aliphatic heterocycles. The monoisotopic (exact) mass is 449 g/mol. The van der Waals surface area contributed by atoms with Crippen molar-refractivity contribution >= 4 is 22.8 Å². The number of carbonyl (C=O) groups is 2. The third-order valence-electron chi connectivity index (χ3n) is 7.36. The molecule has 0 radical (unpaired) electrons. The van der Waals surface area contributed by atoms with Crippen molar-refractivity contribution in [3.05, 3.63) is 48.0 Å². The molecule has 174 valence electrons. The van der Waals surface area contributed by atoms with E-state index in [1.807, 2.05) is 12.1 Å². The summed E-state index contributed by atoms with van der Waals surface area (Å²) in [4.78, 5) is 27.5. The van der Waals surface area contributed by atoms with Crippen molar-refractivity contribution in [3.63, 3.8) is 0 Å². The van der Waals surface area contributed by atoms with Crippen LogP contribution in [0.4, 0.5) is 4.79 Å². The minimum Gasteiger partial charge on any atom is -0.480 e. The Hall–Kier alpha value is -3.11. The van der Waals surface area contributed by atoms with E-state index in [2.05, 4.69) is 41.3 Å². The third kappa shape index (κ3) is 5.12. The van der Waals surface area contributed by atoms with Crippen LogP contribution >= 0.6 is 0 Å². The van der Waals surface area contributed by atoms with Gasteiger partial charge < -0.3 is 9.84 Å². The van der Waals surface area contributed by atoms with Crippen molar-refractivity contribution < 1.29 is 19.4 Å². The van der Waals surface area contributed by atoms with Gasteiger partial charge in [0.05, 0.1) is 19.7 Å². The molecule has 1 saturated heterocycles. The first-order valence-corrected chi connectivity index (χ1v) is 11.6. The largest absolute Gasteiger partial charge is 0.480 e. The molecule has 2 fully saturated rings. The molecule has 0 aromatic heterocycles. The van der Waals surface area contributed by atoms with E-state index >= 15 is 0 Å². The normalized spacial score (nSPS) is 24.8. The first-order valence-electron chi connectivity index (χ1n) is 11.6. The first kappa shape index (κ1) is 23.1. The van der Waals surface area contributed by atoms with Gasteiger partial charge in [0.15, 0.2) is 0 Å². The van der Waals surface area contributed by atoms with Gasteiger partial charge in [-0.3, -0.25) is 9.80 Å². The molecule has 2 aromatic carbocycles. The number of carbonyl (C=O) groups excluding carboxylic acids is 1. The van der Waals surface area contributed by atoms with Crippen molar-refractivity contribution in [1.29, 1.82) is 5.26 Å². The highest BCUT2D eigenvalue weighted by molar-refractivity contribution is 5.85. The maximum absolute atomic E-state index is 12.1. The lowest BCUT2D eigenvalue weighted by molar-refractivity contribution is -0.146. The minimum absolute atomic E-state index is 0.271. The van der Waals surface area contributed by atoms with Crippen LogP contribution in [0, 0.1) is 29.1 Å². The summed E-state index contributed by atoms with van der Waals surface area (Å²) >= 11 is 0. The summed E-state index contributed by atoms with van der Waals surface area (Å²) in [5.74, 6) is 0.0161. The second kappa shape index (κ2) is 10.2. The van der Waals surface area contributed by atoms with Crippen LogP contribution in [0.15, 0.2) is 42.5 Å². The molecule has 4 atom stereocenters. The highest BCUT2D eigenvalue weighted by atomic mass is 16.5. The van der Waals surface area contributed by atoms with Crippen LogP contribution in [-0.4, -0.2) is 59.8 Å². The Morgan fingerprint density at radius 1 is 1.15 bits per heavy atom. The molecule has 1 heterocycles. The molecule has 3 unspecified atom stereocenters. The zero-order valence-electron chi connectivity index (χ0n) is 19.0. The Morgan fingerprint density at radius 2 is 1.94 bits per heavy atom. The molecule has 0 bridgehead atoms. The summed E-state index contributed by atoms with van der Waals surface area (Å²) in [6, 6.07) is 16.1. The molecule has 33 heavy (non-hydrogen) atoms. The summed E-state index contributed by atoms with van der Waals surface area (Å²) in [7, 11) is 1.30. The van der Waals surface area contributed by atoms with Gasteiger partial charge >= 0.3 is 12.1 Å². The molecular weight excluding hydrogens is 418 g/mol. The number of benzene rings is 2. The maximum atomic E-state index is 12.1. The van der Waals surface area contributed by atoms with Gasteiger partial charge in [-0.05, 0) is 59.8 Å². The third-order valence-corrected chi connectivity index (χ3v) is 7.36. The Bertz CT molecular complexity index is 1040. The molecule has 0 spiro atoms. The van der Waals surface area contributed by atoms with Gasteiger partial charge in [0.25, 0.3) is 0 Å². The minimum atomic E-state index is -0.969. The predicted molar refractivity (Wildman–Crippen MR) is 124 cm³/mol. The summed E-state index contributed by atoms with van der Waals surface area (Å²) in [5.41, 5.74) is 1.22. The first-order chi connectivity index (χ1) is 16.0. The van der Waals surface area contributed by atoms with Crippen LogP contribution in [-0.2, 0) is 16.1 Å². The Labute approximate surface area is 194 Å². The summed E-state index contributed by atoms with van der Waals surface area (Å²) in [5, 5.41) is 21.5. The molecule has 1 saturated carbocycles. The number of nitrogens with zero attached hydrogens (tertiary/aromatic N) is 3. The molecule has 2 aliphatic rings. The molecular formula is C26H31N3O4. The maximum Gasteiger partial charge on any atom is 0.410 e. The molecule has 2 aromatic rings. The zero-order chi connectivity index (χ0) is 23.4. The number of amides is 1. The molecule has 4 rings (SSSR count). The number of aliphatic carboxylic acids is 1. The second-order valence-corrected chi connectivity index (χ2v) is 9.38. The van der Waals surface area contributed by atoms with Gasteiger partial charge in [-0.15, -0.1) is 0 Å². The van der Waals surface area contributed by atoms with Crippen LogP contribution < -0.4 is 0 Å². The lowest BCUT2D eigenvalue weighted by atomic mass is 9.69. The van der Waals surface area contributed by atoms with E-state index in [1.54, 1.807) is 0 Å². The number of rotatable bonds is 6. The van der Waals surface area contributed by atoms with E-state index < -0.39 is 18.1 Å². The summed E-state index contributed by atoms with van der Waals surface area (Å²) in [6.07, 6.45) is 2.82. The van der Waals surface area contributed by atoms with E-state index in [1.165, 1.54) is 28.3 Å². The van der Waals surface area contributed by atoms with Gasteiger partial charge in [-0.2, -0.15) is 5.26 Å². The number of piperidine rings is 1. The number of nitriles is 1. The fourth-order valence-electron chi connectivity index (χ4n) is 5.79. The number of carboxylic acid groups (broad SMARTS) is 1. The smallest absolute Gasteiger partial charge is 0.410 e. The number of carboxylic acids is 1. The Morgan fingerprint density at radius 3 is 2.70 bits per heavy atom. The van der Waals surface area contributed by atoms with Gasteiger partial charge in [0.2, 0.25) is 0 Å². The van der Waals surface area contributed by atoms with E-state index in [-0.39, 0.29) is 5.92 Å². The number of fused-ring (bicyclic) bond motifs is 2. The van der Waals surface area contributed by atoms with Gasteiger partial charge in [-0.25, -0.2) is 9.59 Å². The van der Waals surface area contributed by atoms with Crippen molar-refractivity contribution in [3.8, 4) is 6.07 Å². The topological polar surface area (TPSA) is 93.9 Å². The lowest BCUT2D eigenvalue weighted by Crippen LogP contribution is -2.54. The van der Waals surface area contributed by atoms with Crippen LogP contribution in [0.1, 0.15) is 31.2 Å². The van der Waals surface area contributed by atoms with Crippen molar-refractivity contribution in [2.75, 3.05) is 26.7 Å². The SMILES string of the molecule is COC(=O)N1C[C@@H]2CCC(CN(CC#N)Cc3cccc4ccccc34)CC2CC1C(=O)O.